The van der Waals surface area contributed by atoms with Crippen LogP contribution in [0.15, 0.2) is 34.9 Å². The van der Waals surface area contributed by atoms with E-state index in [0.717, 1.165) is 3.57 Å². The van der Waals surface area contributed by atoms with Gasteiger partial charge in [0, 0.05) is 0 Å². The molecule has 0 saturated heterocycles. The molecule has 0 atom stereocenters. The van der Waals surface area contributed by atoms with Crippen molar-refractivity contribution in [2.75, 3.05) is 0 Å². The van der Waals surface area contributed by atoms with E-state index in [1.165, 1.54) is 6.26 Å². The van der Waals surface area contributed by atoms with E-state index in [1.807, 2.05) is 24.3 Å². The molecular weight excluding hydrogens is 309 g/mol. The first kappa shape index (κ1) is 10.4. The molecule has 2 rings (SSSR count). The minimum Gasteiger partial charge on any atom is -0.417 e. The summed E-state index contributed by atoms with van der Waals surface area (Å²) < 4.78 is 11.4. The van der Waals surface area contributed by atoms with E-state index in [2.05, 4.69) is 27.6 Å². The third kappa shape index (κ3) is 2.48. The lowest BCUT2D eigenvalue weighted by Crippen LogP contribution is -1.88. The van der Waals surface area contributed by atoms with Gasteiger partial charge in [-0.1, -0.05) is 12.1 Å². The number of hydrogen-bond acceptors (Lipinski definition) is 4. The van der Waals surface area contributed by atoms with Crippen LogP contribution in [0.2, 0.25) is 0 Å². The Labute approximate surface area is 100 Å². The standard InChI is InChI=1S/C10H8INO3/c11-8-3-1-2-4-9(8)15-10-12-7(5-13)6-14-10/h1-4,6,13H,5H2. The third-order valence-corrected chi connectivity index (χ3v) is 2.62. The first-order valence-corrected chi connectivity index (χ1v) is 5.35. The number of hydrogen-bond donors (Lipinski definition) is 1. The summed E-state index contributed by atoms with van der Waals surface area (Å²) in [6, 6.07) is 7.53. The highest BCUT2D eigenvalue weighted by Crippen LogP contribution is 2.25. The van der Waals surface area contributed by atoms with E-state index in [1.54, 1.807) is 0 Å². The predicted octanol–water partition coefficient (Wildman–Crippen LogP) is 2.56. The predicted molar refractivity (Wildman–Crippen MR) is 61.7 cm³/mol. The Morgan fingerprint density at radius 1 is 1.40 bits per heavy atom. The highest BCUT2D eigenvalue weighted by atomic mass is 127. The SMILES string of the molecule is OCc1coc(Oc2ccccc2I)n1. The zero-order valence-electron chi connectivity index (χ0n) is 7.68. The molecule has 4 nitrogen and oxygen atoms in total. The second kappa shape index (κ2) is 4.63. The van der Waals surface area contributed by atoms with Crippen LogP contribution in [0.25, 0.3) is 0 Å². The molecule has 0 aliphatic carbocycles. The van der Waals surface area contributed by atoms with Crippen LogP contribution in [-0.2, 0) is 6.61 Å². The summed E-state index contributed by atoms with van der Waals surface area (Å²) in [7, 11) is 0. The normalized spacial score (nSPS) is 10.3. The van der Waals surface area contributed by atoms with E-state index in [-0.39, 0.29) is 12.7 Å². The lowest BCUT2D eigenvalue weighted by Gasteiger charge is -2.01. The van der Waals surface area contributed by atoms with Gasteiger partial charge in [0.15, 0.2) is 0 Å². The first-order chi connectivity index (χ1) is 7.29. The van der Waals surface area contributed by atoms with Gasteiger partial charge in [0.2, 0.25) is 0 Å². The van der Waals surface area contributed by atoms with Crippen molar-refractivity contribution >= 4 is 22.6 Å². The molecule has 0 aliphatic heterocycles. The molecule has 0 aliphatic rings. The Hall–Kier alpha value is -1.08. The van der Waals surface area contributed by atoms with Crippen LogP contribution in [0.5, 0.6) is 11.8 Å². The van der Waals surface area contributed by atoms with Gasteiger partial charge in [-0.05, 0) is 34.7 Å². The summed E-state index contributed by atoms with van der Waals surface area (Å²) >= 11 is 2.16. The minimum atomic E-state index is -0.154. The number of aliphatic hydroxyl groups is 1. The first-order valence-electron chi connectivity index (χ1n) is 4.27. The molecule has 0 saturated carbocycles. The van der Waals surface area contributed by atoms with Crippen molar-refractivity contribution in [2.24, 2.45) is 0 Å². The quantitative estimate of drug-likeness (QED) is 0.884. The largest absolute Gasteiger partial charge is 0.417 e. The van der Waals surface area contributed by atoms with Crippen molar-refractivity contribution in [1.82, 2.24) is 4.98 Å². The van der Waals surface area contributed by atoms with Crippen molar-refractivity contribution in [3.05, 3.63) is 39.8 Å². The average molecular weight is 317 g/mol. The van der Waals surface area contributed by atoms with Gasteiger partial charge in [-0.2, -0.15) is 4.98 Å². The van der Waals surface area contributed by atoms with E-state index in [9.17, 15) is 0 Å². The minimum absolute atomic E-state index is 0.142. The fourth-order valence-corrected chi connectivity index (χ4v) is 1.53. The molecule has 0 amide bonds. The maximum atomic E-state index is 8.79. The van der Waals surface area contributed by atoms with Crippen LogP contribution in [0.4, 0.5) is 0 Å². The van der Waals surface area contributed by atoms with Crippen molar-refractivity contribution in [3.8, 4) is 11.8 Å². The average Bonchev–Trinajstić information content (AvgIpc) is 2.69. The molecule has 1 N–H and O–H groups in total. The maximum Gasteiger partial charge on any atom is 0.399 e. The summed E-state index contributed by atoms with van der Waals surface area (Å²) in [5.74, 6) is 0.685. The second-order valence-corrected chi connectivity index (χ2v) is 3.96. The molecule has 0 unspecified atom stereocenters. The lowest BCUT2D eigenvalue weighted by atomic mass is 10.3. The van der Waals surface area contributed by atoms with E-state index in [0.29, 0.717) is 11.4 Å². The zero-order valence-corrected chi connectivity index (χ0v) is 9.84. The molecule has 0 fully saturated rings. The highest BCUT2D eigenvalue weighted by Gasteiger charge is 2.07. The monoisotopic (exact) mass is 317 g/mol. The van der Waals surface area contributed by atoms with Gasteiger partial charge in [-0.15, -0.1) is 0 Å². The zero-order chi connectivity index (χ0) is 10.7. The molecule has 0 radical (unpaired) electrons. The third-order valence-electron chi connectivity index (χ3n) is 1.73. The van der Waals surface area contributed by atoms with E-state index >= 15 is 0 Å². The molecule has 1 aromatic heterocycles. The number of oxazole rings is 1. The van der Waals surface area contributed by atoms with Gasteiger partial charge in [0.25, 0.3) is 0 Å². The topological polar surface area (TPSA) is 55.5 Å². The van der Waals surface area contributed by atoms with Crippen LogP contribution in [0.3, 0.4) is 0 Å². The van der Waals surface area contributed by atoms with Gasteiger partial charge in [-0.3, -0.25) is 0 Å². The van der Waals surface area contributed by atoms with Crippen LogP contribution >= 0.6 is 22.6 Å². The summed E-state index contributed by atoms with van der Waals surface area (Å²) in [6.07, 6.45) is 1.51. The van der Waals surface area contributed by atoms with Crippen LogP contribution in [0, 0.1) is 3.57 Å². The summed E-state index contributed by atoms with van der Waals surface area (Å²) in [5, 5.41) is 8.79. The van der Waals surface area contributed by atoms with Crippen LogP contribution in [0.1, 0.15) is 5.69 Å². The van der Waals surface area contributed by atoms with Crippen LogP contribution in [-0.4, -0.2) is 10.1 Å². The summed E-state index contributed by atoms with van der Waals surface area (Å²) in [5.41, 5.74) is 0.455. The summed E-state index contributed by atoms with van der Waals surface area (Å²) in [4.78, 5) is 3.92. The smallest absolute Gasteiger partial charge is 0.399 e. The van der Waals surface area contributed by atoms with Gasteiger partial charge < -0.3 is 14.3 Å². The Kier molecular flexibility index (Phi) is 3.22. The highest BCUT2D eigenvalue weighted by molar-refractivity contribution is 14.1. The Morgan fingerprint density at radius 2 is 2.20 bits per heavy atom. The van der Waals surface area contributed by atoms with Gasteiger partial charge >= 0.3 is 6.08 Å². The molecule has 1 aromatic carbocycles. The molecule has 78 valence electrons. The number of rotatable bonds is 3. The van der Waals surface area contributed by atoms with Crippen molar-refractivity contribution in [1.29, 1.82) is 0 Å². The fraction of sp³-hybridized carbons (Fsp3) is 0.100. The number of halogens is 1. The van der Waals surface area contributed by atoms with Gasteiger partial charge in [-0.25, -0.2) is 0 Å². The number of para-hydroxylation sites is 1. The summed E-state index contributed by atoms with van der Waals surface area (Å²) in [6.45, 7) is -0.154. The van der Waals surface area contributed by atoms with Crippen molar-refractivity contribution in [2.45, 2.75) is 6.61 Å². The molecule has 2 aromatic rings. The Balaban J connectivity index is 2.18. The second-order valence-electron chi connectivity index (χ2n) is 2.80. The molecular formula is C10H8INO3. The van der Waals surface area contributed by atoms with E-state index in [4.69, 9.17) is 14.3 Å². The Bertz CT molecular complexity index is 455. The lowest BCUT2D eigenvalue weighted by molar-refractivity contribution is 0.276. The van der Waals surface area contributed by atoms with Crippen LogP contribution < -0.4 is 4.74 Å². The van der Waals surface area contributed by atoms with E-state index < -0.39 is 0 Å². The number of benzene rings is 1. The molecule has 0 bridgehead atoms. The number of ether oxygens (including phenoxy) is 1. The molecule has 0 spiro atoms. The molecule has 15 heavy (non-hydrogen) atoms. The van der Waals surface area contributed by atoms with Gasteiger partial charge in [0.1, 0.15) is 17.7 Å². The maximum absolute atomic E-state index is 8.79. The number of aliphatic hydroxyl groups excluding tert-OH is 1. The van der Waals surface area contributed by atoms with Crippen molar-refractivity contribution < 1.29 is 14.3 Å². The number of nitrogens with zero attached hydrogens (tertiary/aromatic N) is 1. The van der Waals surface area contributed by atoms with Crippen molar-refractivity contribution in [3.63, 3.8) is 0 Å². The molecule has 5 heteroatoms. The fourth-order valence-electron chi connectivity index (χ4n) is 1.03. The van der Waals surface area contributed by atoms with Gasteiger partial charge in [0.05, 0.1) is 10.2 Å². The Morgan fingerprint density at radius 3 is 2.87 bits per heavy atom. The molecule has 1 heterocycles. The number of aromatic nitrogens is 1.